The van der Waals surface area contributed by atoms with Crippen molar-refractivity contribution >= 4 is 12.1 Å². The number of nitrogens with zero attached hydrogens (tertiary/aromatic N) is 2. The minimum absolute atomic E-state index is 0. The number of carbonyl (C=O) groups excluding carboxylic acids is 2. The van der Waals surface area contributed by atoms with Gasteiger partial charge in [-0.05, 0) is 12.3 Å². The lowest BCUT2D eigenvalue weighted by atomic mass is 10.1. The van der Waals surface area contributed by atoms with Crippen molar-refractivity contribution in [2.45, 2.75) is 58.0 Å². The summed E-state index contributed by atoms with van der Waals surface area (Å²) in [5.74, 6) is 5.92. The molecule has 1 saturated heterocycles. The minimum Gasteiger partial charge on any atom is -1.00 e. The molecule has 1 rings (SSSR count). The van der Waals surface area contributed by atoms with Crippen molar-refractivity contribution in [3.8, 4) is 11.8 Å². The van der Waals surface area contributed by atoms with Gasteiger partial charge >= 0.3 is 6.16 Å². The van der Waals surface area contributed by atoms with Crippen LogP contribution >= 0.6 is 0 Å². The van der Waals surface area contributed by atoms with Crippen LogP contribution in [0.25, 0.3) is 0 Å². The molecule has 156 valence electrons. The first-order valence-corrected chi connectivity index (χ1v) is 9.72. The monoisotopic (exact) mass is 494 g/mol. The summed E-state index contributed by atoms with van der Waals surface area (Å²) in [6.45, 7) is 4.21. The maximum Gasteiger partial charge on any atom is 0.509 e. The molecule has 0 radical (unpaired) electrons. The van der Waals surface area contributed by atoms with Crippen LogP contribution in [0, 0.1) is 11.8 Å². The third kappa shape index (κ3) is 12.1. The number of hydrogen-bond acceptors (Lipinski definition) is 4. The van der Waals surface area contributed by atoms with Gasteiger partial charge in [0.2, 0.25) is 0 Å². The molecule has 7 heteroatoms. The highest BCUT2D eigenvalue weighted by atomic mass is 127. The van der Waals surface area contributed by atoms with E-state index in [1.165, 1.54) is 19.3 Å². The van der Waals surface area contributed by atoms with E-state index in [1.807, 2.05) is 0 Å². The molecule has 0 saturated carbocycles. The second-order valence-corrected chi connectivity index (χ2v) is 7.82. The molecule has 0 aromatic rings. The van der Waals surface area contributed by atoms with E-state index in [9.17, 15) is 9.59 Å². The van der Waals surface area contributed by atoms with Gasteiger partial charge in [-0.1, -0.05) is 44.9 Å². The van der Waals surface area contributed by atoms with E-state index in [-0.39, 0.29) is 29.9 Å². The van der Waals surface area contributed by atoms with Crippen molar-refractivity contribution in [2.24, 2.45) is 0 Å². The smallest absolute Gasteiger partial charge is 0.509 e. The zero-order valence-electron chi connectivity index (χ0n) is 17.3. The molecule has 0 unspecified atom stereocenters. The summed E-state index contributed by atoms with van der Waals surface area (Å²) in [6.07, 6.45) is 5.78. The Labute approximate surface area is 181 Å². The number of hydrogen-bond donors (Lipinski definition) is 0. The lowest BCUT2D eigenvalue weighted by Crippen LogP contribution is -3.00. The first-order valence-electron chi connectivity index (χ1n) is 9.72. The number of unbranched alkanes of at least 4 members (excludes halogenated alkanes) is 5. The Morgan fingerprint density at radius 2 is 1.81 bits per heavy atom. The number of ether oxygens (including phenoxy) is 2. The van der Waals surface area contributed by atoms with Crippen molar-refractivity contribution in [2.75, 3.05) is 47.4 Å². The quantitative estimate of drug-likeness (QED) is 0.139. The van der Waals surface area contributed by atoms with Crippen molar-refractivity contribution in [1.29, 1.82) is 0 Å². The Morgan fingerprint density at radius 1 is 1.15 bits per heavy atom. The number of carbonyl (C=O) groups is 2. The Balaban J connectivity index is 0.00000676. The number of amides is 1. The Kier molecular flexibility index (Phi) is 13.5. The van der Waals surface area contributed by atoms with E-state index in [2.05, 4.69) is 39.9 Å². The molecule has 1 aliphatic heterocycles. The van der Waals surface area contributed by atoms with Crippen LogP contribution in [0.3, 0.4) is 0 Å². The SMILES string of the molecule is CCCCCCCCOC(=O)O[C@H]1CCN(CC#CC[N+](C)(C)C)C1=O.[I-]. The predicted octanol–water partition coefficient (Wildman–Crippen LogP) is -0.185. The van der Waals surface area contributed by atoms with Crippen LogP contribution in [0.4, 0.5) is 4.79 Å². The van der Waals surface area contributed by atoms with Crippen LogP contribution in [-0.2, 0) is 14.3 Å². The van der Waals surface area contributed by atoms with Gasteiger partial charge in [0, 0.05) is 13.0 Å². The average Bonchev–Trinajstić information content (AvgIpc) is 2.90. The van der Waals surface area contributed by atoms with E-state index in [0.29, 0.717) is 26.1 Å². The van der Waals surface area contributed by atoms with E-state index >= 15 is 0 Å². The van der Waals surface area contributed by atoms with Gasteiger partial charge in [-0.15, -0.1) is 0 Å². The average molecular weight is 494 g/mol. The topological polar surface area (TPSA) is 55.8 Å². The Bertz CT molecular complexity index is 508. The third-order valence-electron chi connectivity index (χ3n) is 4.15. The molecule has 1 aliphatic rings. The Hall–Kier alpha value is -1.01. The molecular weight excluding hydrogens is 459 g/mol. The second kappa shape index (κ2) is 14.1. The van der Waals surface area contributed by atoms with Crippen LogP contribution in [0.5, 0.6) is 0 Å². The molecule has 1 fully saturated rings. The highest BCUT2D eigenvalue weighted by Crippen LogP contribution is 2.15. The van der Waals surface area contributed by atoms with Crippen molar-refractivity contribution in [1.82, 2.24) is 4.90 Å². The largest absolute Gasteiger partial charge is 1.00 e. The van der Waals surface area contributed by atoms with Crippen LogP contribution in [0.2, 0.25) is 0 Å². The van der Waals surface area contributed by atoms with E-state index < -0.39 is 12.3 Å². The maximum atomic E-state index is 12.2. The fourth-order valence-corrected chi connectivity index (χ4v) is 2.61. The summed E-state index contributed by atoms with van der Waals surface area (Å²) in [5, 5.41) is 0. The van der Waals surface area contributed by atoms with Gasteiger partial charge in [0.15, 0.2) is 6.10 Å². The molecule has 1 amide bonds. The molecule has 0 N–H and O–H groups in total. The molecule has 27 heavy (non-hydrogen) atoms. The zero-order valence-corrected chi connectivity index (χ0v) is 19.4. The van der Waals surface area contributed by atoms with Gasteiger partial charge in [0.25, 0.3) is 5.91 Å². The standard InChI is InChI=1S/C20H35N2O4.HI/c1-5-6-7-8-9-12-17-25-20(24)26-18-13-15-21(19(18)23)14-10-11-16-22(2,3)4;/h18H,5-9,12-17H2,1-4H3;1H/q+1;/p-1/t18-;/m0./s1. The number of rotatable bonds is 10. The second-order valence-electron chi connectivity index (χ2n) is 7.82. The van der Waals surface area contributed by atoms with E-state index in [0.717, 1.165) is 30.3 Å². The summed E-state index contributed by atoms with van der Waals surface area (Å²) in [7, 11) is 6.20. The van der Waals surface area contributed by atoms with Gasteiger partial charge in [-0.3, -0.25) is 4.79 Å². The van der Waals surface area contributed by atoms with Crippen LogP contribution in [0.1, 0.15) is 51.9 Å². The van der Waals surface area contributed by atoms with Crippen molar-refractivity contribution < 1.29 is 47.5 Å². The number of likely N-dealkylation sites (tertiary alicyclic amines) is 1. The van der Waals surface area contributed by atoms with Gasteiger partial charge in [-0.2, -0.15) is 0 Å². The molecule has 0 spiro atoms. The molecule has 1 heterocycles. The number of halogens is 1. The third-order valence-corrected chi connectivity index (χ3v) is 4.15. The first-order chi connectivity index (χ1) is 12.3. The fraction of sp³-hybridized carbons (Fsp3) is 0.800. The highest BCUT2D eigenvalue weighted by molar-refractivity contribution is 5.85. The van der Waals surface area contributed by atoms with Gasteiger partial charge in [0.05, 0.1) is 34.3 Å². The number of quaternary nitrogens is 1. The molecular formula is C20H35IN2O4. The summed E-state index contributed by atoms with van der Waals surface area (Å²) < 4.78 is 11.0. The van der Waals surface area contributed by atoms with Gasteiger partial charge < -0.3 is 42.8 Å². The van der Waals surface area contributed by atoms with Crippen molar-refractivity contribution in [3.05, 3.63) is 0 Å². The molecule has 1 atom stereocenters. The maximum absolute atomic E-state index is 12.2. The lowest BCUT2D eigenvalue weighted by Gasteiger charge is -2.20. The minimum atomic E-state index is -0.741. The van der Waals surface area contributed by atoms with Crippen molar-refractivity contribution in [3.63, 3.8) is 0 Å². The first kappa shape index (κ1) is 26.0. The summed E-state index contributed by atoms with van der Waals surface area (Å²) >= 11 is 0. The molecule has 0 aromatic carbocycles. The molecule has 6 nitrogen and oxygen atoms in total. The summed E-state index contributed by atoms with van der Waals surface area (Å²) in [5.41, 5.74) is 0. The molecule has 0 aliphatic carbocycles. The van der Waals surface area contributed by atoms with Gasteiger partial charge in [-0.25, -0.2) is 4.79 Å². The predicted molar refractivity (Wildman–Crippen MR) is 101 cm³/mol. The normalized spacial score (nSPS) is 16.4. The van der Waals surface area contributed by atoms with Crippen LogP contribution < -0.4 is 24.0 Å². The summed E-state index contributed by atoms with van der Waals surface area (Å²) in [4.78, 5) is 25.6. The molecule has 0 aromatic heterocycles. The van der Waals surface area contributed by atoms with E-state index in [4.69, 9.17) is 9.47 Å². The Morgan fingerprint density at radius 3 is 2.48 bits per heavy atom. The highest BCUT2D eigenvalue weighted by Gasteiger charge is 2.34. The lowest BCUT2D eigenvalue weighted by molar-refractivity contribution is -0.862. The van der Waals surface area contributed by atoms with Crippen LogP contribution in [-0.4, -0.2) is 74.9 Å². The zero-order chi connectivity index (χ0) is 19.4. The van der Waals surface area contributed by atoms with Crippen LogP contribution in [0.15, 0.2) is 0 Å². The summed E-state index contributed by atoms with van der Waals surface area (Å²) in [6, 6.07) is 0. The fourth-order valence-electron chi connectivity index (χ4n) is 2.61. The van der Waals surface area contributed by atoms with Gasteiger partial charge in [0.1, 0.15) is 6.54 Å². The molecule has 0 bridgehead atoms. The van der Waals surface area contributed by atoms with E-state index in [1.54, 1.807) is 4.90 Å².